The van der Waals surface area contributed by atoms with Gasteiger partial charge in [-0.05, 0) is 67.7 Å². The molecule has 2 saturated heterocycles. The maximum absolute atomic E-state index is 13.7. The topological polar surface area (TPSA) is 88.9 Å². The molecule has 0 unspecified atom stereocenters. The lowest BCUT2D eigenvalue weighted by molar-refractivity contribution is -0.199. The van der Waals surface area contributed by atoms with Crippen LogP contribution in [0, 0.1) is 28.1 Å². The molecule has 228 valence electrons. The molecular formula is C34H42ClN5O3. The van der Waals surface area contributed by atoms with Gasteiger partial charge in [0.05, 0.1) is 10.6 Å². The van der Waals surface area contributed by atoms with Gasteiger partial charge in [-0.2, -0.15) is 5.26 Å². The van der Waals surface area contributed by atoms with E-state index in [1.165, 1.54) is 12.8 Å². The molecule has 0 atom stereocenters. The van der Waals surface area contributed by atoms with Crippen LogP contribution in [0.5, 0.6) is 5.75 Å². The van der Waals surface area contributed by atoms with E-state index in [2.05, 4.69) is 44.0 Å². The maximum Gasteiger partial charge on any atom is 0.254 e. The summed E-state index contributed by atoms with van der Waals surface area (Å²) in [6, 6.07) is 12.7. The Morgan fingerprint density at radius 2 is 1.74 bits per heavy atom. The Labute approximate surface area is 259 Å². The fourth-order valence-corrected chi connectivity index (χ4v) is 8.65. The largest absolute Gasteiger partial charge is 0.489 e. The minimum absolute atomic E-state index is 0.00606. The second-order valence-corrected chi connectivity index (χ2v) is 14.3. The van der Waals surface area contributed by atoms with E-state index in [-0.39, 0.29) is 34.8 Å². The molecule has 8 nitrogen and oxygen atoms in total. The first kappa shape index (κ1) is 29.9. The standard InChI is InChI=1S/C34H42ClN5O3/c1-33(2)31(34(3,4)32(33)43-26-7-5-24(19-36)28(35)18-26)40-21-25-17-23(6-8-27(25)30(40)42)29(41)39-15-13-38(14-16-39)20-22-9-11-37-12-10-22/h5-8,17-18,22,31-32,37H,9-16,20-21H2,1-4H3. The summed E-state index contributed by atoms with van der Waals surface area (Å²) < 4.78 is 6.44. The summed E-state index contributed by atoms with van der Waals surface area (Å²) in [6.07, 6.45) is 2.30. The van der Waals surface area contributed by atoms with Gasteiger partial charge in [0.25, 0.3) is 11.8 Å². The molecule has 4 aliphatic rings. The average molecular weight is 604 g/mol. The van der Waals surface area contributed by atoms with Gasteiger partial charge in [-0.3, -0.25) is 14.5 Å². The molecule has 1 saturated carbocycles. The minimum Gasteiger partial charge on any atom is -0.489 e. The van der Waals surface area contributed by atoms with Gasteiger partial charge >= 0.3 is 0 Å². The van der Waals surface area contributed by atoms with Gasteiger partial charge in [-0.15, -0.1) is 0 Å². The van der Waals surface area contributed by atoms with E-state index in [0.29, 0.717) is 34.0 Å². The summed E-state index contributed by atoms with van der Waals surface area (Å²) >= 11 is 6.26. The molecule has 0 aromatic heterocycles. The number of piperidine rings is 1. The predicted octanol–water partition coefficient (Wildman–Crippen LogP) is 4.81. The Morgan fingerprint density at radius 1 is 1.05 bits per heavy atom. The summed E-state index contributed by atoms with van der Waals surface area (Å²) in [5.74, 6) is 1.42. The van der Waals surface area contributed by atoms with Gasteiger partial charge in [-0.25, -0.2) is 0 Å². The molecule has 2 aromatic carbocycles. The zero-order valence-corrected chi connectivity index (χ0v) is 26.4. The lowest BCUT2D eigenvalue weighted by Gasteiger charge is -2.65. The molecule has 0 bridgehead atoms. The Balaban J connectivity index is 1.11. The van der Waals surface area contributed by atoms with Crippen molar-refractivity contribution in [2.75, 3.05) is 45.8 Å². The number of amides is 2. The van der Waals surface area contributed by atoms with Gasteiger partial charge in [0.15, 0.2) is 0 Å². The van der Waals surface area contributed by atoms with Gasteiger partial charge in [0, 0.05) is 73.3 Å². The maximum atomic E-state index is 13.7. The van der Waals surface area contributed by atoms with E-state index in [4.69, 9.17) is 16.3 Å². The van der Waals surface area contributed by atoms with Crippen LogP contribution < -0.4 is 10.1 Å². The molecule has 1 aliphatic carbocycles. The van der Waals surface area contributed by atoms with Gasteiger partial charge in [-0.1, -0.05) is 39.3 Å². The second-order valence-electron chi connectivity index (χ2n) is 13.9. The number of hydrogen-bond acceptors (Lipinski definition) is 6. The zero-order chi connectivity index (χ0) is 30.5. The SMILES string of the molecule is CC1(C)C(Oc2ccc(C#N)c(Cl)c2)C(C)(C)C1N1Cc2cc(C(=O)N3CCN(CC4CCNCC4)CC3)ccc2C1=O. The summed E-state index contributed by atoms with van der Waals surface area (Å²) in [4.78, 5) is 33.6. The number of nitrogens with zero attached hydrogens (tertiary/aromatic N) is 4. The van der Waals surface area contributed by atoms with Crippen LogP contribution >= 0.6 is 11.6 Å². The number of hydrogen-bond donors (Lipinski definition) is 1. The van der Waals surface area contributed by atoms with E-state index in [1.54, 1.807) is 18.2 Å². The third kappa shape index (κ3) is 5.41. The van der Waals surface area contributed by atoms with Crippen LogP contribution in [-0.2, 0) is 6.54 Å². The molecule has 3 fully saturated rings. The molecular weight excluding hydrogens is 562 g/mol. The van der Waals surface area contributed by atoms with Crippen molar-refractivity contribution >= 4 is 23.4 Å². The van der Waals surface area contributed by atoms with E-state index >= 15 is 0 Å². The predicted molar refractivity (Wildman–Crippen MR) is 166 cm³/mol. The van der Waals surface area contributed by atoms with Crippen LogP contribution in [0.15, 0.2) is 36.4 Å². The van der Waals surface area contributed by atoms with Crippen LogP contribution in [-0.4, -0.2) is 84.5 Å². The lowest BCUT2D eigenvalue weighted by atomic mass is 9.49. The van der Waals surface area contributed by atoms with Crippen molar-refractivity contribution in [3.63, 3.8) is 0 Å². The fourth-order valence-electron chi connectivity index (χ4n) is 8.44. The first-order valence-electron chi connectivity index (χ1n) is 15.5. The monoisotopic (exact) mass is 603 g/mol. The Bertz CT molecular complexity index is 1440. The molecule has 1 N–H and O–H groups in total. The average Bonchev–Trinajstić information content (AvgIpc) is 3.30. The number of fused-ring (bicyclic) bond motifs is 1. The second kappa shape index (κ2) is 11.4. The molecule has 3 aliphatic heterocycles. The molecule has 9 heteroatoms. The summed E-state index contributed by atoms with van der Waals surface area (Å²) in [6.45, 7) is 15.7. The van der Waals surface area contributed by atoms with E-state index in [1.807, 2.05) is 28.0 Å². The number of ether oxygens (including phenoxy) is 1. The van der Waals surface area contributed by atoms with E-state index in [0.717, 1.165) is 57.3 Å². The zero-order valence-electron chi connectivity index (χ0n) is 25.7. The first-order chi connectivity index (χ1) is 20.5. The number of halogens is 1. The number of nitriles is 1. The molecule has 43 heavy (non-hydrogen) atoms. The summed E-state index contributed by atoms with van der Waals surface area (Å²) in [7, 11) is 0. The number of carbonyl (C=O) groups is 2. The van der Waals surface area contributed by atoms with Gasteiger partial charge in [0.1, 0.15) is 17.9 Å². The van der Waals surface area contributed by atoms with Gasteiger partial charge < -0.3 is 19.9 Å². The third-order valence-electron chi connectivity index (χ3n) is 10.2. The molecule has 2 amide bonds. The van der Waals surface area contributed by atoms with Crippen molar-refractivity contribution in [2.24, 2.45) is 16.7 Å². The smallest absolute Gasteiger partial charge is 0.254 e. The quantitative estimate of drug-likeness (QED) is 0.510. The lowest BCUT2D eigenvalue weighted by Crippen LogP contribution is -2.74. The number of rotatable bonds is 6. The molecule has 0 radical (unpaired) electrons. The highest BCUT2D eigenvalue weighted by Gasteiger charge is 2.67. The number of nitrogens with one attached hydrogen (secondary N) is 1. The molecule has 6 rings (SSSR count). The van der Waals surface area contributed by atoms with Crippen molar-refractivity contribution in [2.45, 2.75) is 59.2 Å². The van der Waals surface area contributed by atoms with Crippen LogP contribution in [0.3, 0.4) is 0 Å². The fraction of sp³-hybridized carbons (Fsp3) is 0.559. The molecule has 3 heterocycles. The molecule has 0 spiro atoms. The van der Waals surface area contributed by atoms with Crippen LogP contribution in [0.1, 0.15) is 72.4 Å². The minimum atomic E-state index is -0.339. The number of benzene rings is 2. The Hall–Kier alpha value is -3.12. The van der Waals surface area contributed by atoms with E-state index < -0.39 is 0 Å². The van der Waals surface area contributed by atoms with Crippen molar-refractivity contribution in [3.8, 4) is 11.8 Å². The molecule has 2 aromatic rings. The van der Waals surface area contributed by atoms with E-state index in [9.17, 15) is 14.9 Å². The van der Waals surface area contributed by atoms with Crippen molar-refractivity contribution in [1.82, 2.24) is 20.0 Å². The Kier molecular flexibility index (Phi) is 7.95. The highest BCUT2D eigenvalue weighted by molar-refractivity contribution is 6.31. The highest BCUT2D eigenvalue weighted by atomic mass is 35.5. The van der Waals surface area contributed by atoms with Crippen molar-refractivity contribution in [1.29, 1.82) is 5.26 Å². The summed E-state index contributed by atoms with van der Waals surface area (Å²) in [5.41, 5.74) is 1.98. The van der Waals surface area contributed by atoms with Crippen LogP contribution in [0.2, 0.25) is 5.02 Å². The van der Waals surface area contributed by atoms with Gasteiger partial charge in [0.2, 0.25) is 0 Å². The van der Waals surface area contributed by atoms with Crippen LogP contribution in [0.25, 0.3) is 0 Å². The van der Waals surface area contributed by atoms with Crippen LogP contribution in [0.4, 0.5) is 0 Å². The first-order valence-corrected chi connectivity index (χ1v) is 15.9. The van der Waals surface area contributed by atoms with Crippen molar-refractivity contribution in [3.05, 3.63) is 63.7 Å². The number of carbonyl (C=O) groups excluding carboxylic acids is 2. The number of piperazine rings is 1. The summed E-state index contributed by atoms with van der Waals surface area (Å²) in [5, 5.41) is 13.0. The normalized spacial score (nSPS) is 25.2. The Morgan fingerprint density at radius 3 is 2.40 bits per heavy atom. The third-order valence-corrected chi connectivity index (χ3v) is 10.5. The highest BCUT2D eigenvalue weighted by Crippen LogP contribution is 2.59. The van der Waals surface area contributed by atoms with Crippen molar-refractivity contribution < 1.29 is 14.3 Å².